The molecule has 0 aliphatic carbocycles. The Morgan fingerprint density at radius 1 is 1.30 bits per heavy atom. The molecule has 0 unspecified atom stereocenters. The summed E-state index contributed by atoms with van der Waals surface area (Å²) in [6.07, 6.45) is 6.41. The number of hydrogen-bond acceptors (Lipinski definition) is 5. The van der Waals surface area contributed by atoms with Crippen LogP contribution in [0.15, 0.2) is 30.7 Å². The number of aromatic nitrogens is 2. The van der Waals surface area contributed by atoms with E-state index in [-0.39, 0.29) is 11.3 Å². The fourth-order valence-electron chi connectivity index (χ4n) is 2.76. The number of piperidine rings is 1. The number of thiazole rings is 1. The summed E-state index contributed by atoms with van der Waals surface area (Å²) in [5.74, 6) is -0.432. The van der Waals surface area contributed by atoms with E-state index in [1.165, 1.54) is 11.3 Å². The van der Waals surface area contributed by atoms with Gasteiger partial charge in [0.1, 0.15) is 4.88 Å². The number of pyridine rings is 1. The zero-order chi connectivity index (χ0) is 16.4. The van der Waals surface area contributed by atoms with Gasteiger partial charge >= 0.3 is 0 Å². The van der Waals surface area contributed by atoms with Gasteiger partial charge in [-0.25, -0.2) is 4.98 Å². The molecule has 2 aromatic heterocycles. The van der Waals surface area contributed by atoms with Crippen LogP contribution < -0.4 is 5.73 Å². The fraction of sp³-hybridized carbons (Fsp3) is 0.375. The first-order valence-electron chi connectivity index (χ1n) is 7.45. The van der Waals surface area contributed by atoms with Crippen LogP contribution in [-0.2, 0) is 5.41 Å². The Bertz CT molecular complexity index is 721. The number of rotatable bonds is 3. The van der Waals surface area contributed by atoms with Crippen molar-refractivity contribution in [2.24, 2.45) is 5.73 Å². The van der Waals surface area contributed by atoms with Gasteiger partial charge in [0, 0.05) is 30.9 Å². The van der Waals surface area contributed by atoms with Crippen molar-refractivity contribution in [1.82, 2.24) is 14.9 Å². The molecule has 3 heterocycles. The minimum Gasteiger partial charge on any atom is -0.365 e. The first kappa shape index (κ1) is 15.6. The molecular formula is C16H18N4O2S. The summed E-state index contributed by atoms with van der Waals surface area (Å²) in [7, 11) is 0. The first-order valence-corrected chi connectivity index (χ1v) is 8.27. The van der Waals surface area contributed by atoms with Crippen LogP contribution in [0.1, 0.15) is 44.8 Å². The number of amides is 2. The second-order valence-corrected chi connectivity index (χ2v) is 7.02. The van der Waals surface area contributed by atoms with E-state index in [2.05, 4.69) is 16.9 Å². The van der Waals surface area contributed by atoms with E-state index in [4.69, 9.17) is 5.73 Å². The second kappa shape index (κ2) is 6.08. The summed E-state index contributed by atoms with van der Waals surface area (Å²) < 4.78 is 0. The van der Waals surface area contributed by atoms with Crippen LogP contribution in [-0.4, -0.2) is 39.8 Å². The van der Waals surface area contributed by atoms with Crippen molar-refractivity contribution in [3.05, 3.63) is 46.2 Å². The Hall–Kier alpha value is -2.28. The summed E-state index contributed by atoms with van der Waals surface area (Å²) in [6.45, 7) is 3.45. The van der Waals surface area contributed by atoms with Gasteiger partial charge in [-0.3, -0.25) is 14.6 Å². The number of hydrogen-bond donors (Lipinski definition) is 1. The maximum Gasteiger partial charge on any atom is 0.260 e. The summed E-state index contributed by atoms with van der Waals surface area (Å²) in [5, 5.41) is 0.916. The molecule has 3 rings (SSSR count). The van der Waals surface area contributed by atoms with Crippen LogP contribution in [0.4, 0.5) is 0 Å². The highest BCUT2D eigenvalue weighted by Gasteiger charge is 2.36. The fourth-order valence-corrected chi connectivity index (χ4v) is 3.73. The van der Waals surface area contributed by atoms with Crippen LogP contribution >= 0.6 is 11.3 Å². The smallest absolute Gasteiger partial charge is 0.260 e. The van der Waals surface area contributed by atoms with Crippen LogP contribution in [0.3, 0.4) is 0 Å². The van der Waals surface area contributed by atoms with Crippen molar-refractivity contribution in [3.63, 3.8) is 0 Å². The molecule has 1 aliphatic rings. The van der Waals surface area contributed by atoms with Gasteiger partial charge in [-0.1, -0.05) is 6.92 Å². The summed E-state index contributed by atoms with van der Waals surface area (Å²) in [4.78, 5) is 34.4. The first-order chi connectivity index (χ1) is 11.0. The summed E-state index contributed by atoms with van der Waals surface area (Å²) in [6, 6.07) is 3.55. The molecule has 2 aromatic rings. The Morgan fingerprint density at radius 3 is 2.61 bits per heavy atom. The van der Waals surface area contributed by atoms with E-state index in [1.807, 2.05) is 4.90 Å². The topological polar surface area (TPSA) is 89.2 Å². The lowest BCUT2D eigenvalue weighted by atomic mass is 9.81. The Morgan fingerprint density at radius 2 is 2.04 bits per heavy atom. The number of carbonyl (C=O) groups is 2. The van der Waals surface area contributed by atoms with Crippen molar-refractivity contribution < 1.29 is 9.59 Å². The highest BCUT2D eigenvalue weighted by atomic mass is 32.1. The van der Waals surface area contributed by atoms with Crippen LogP contribution in [0.2, 0.25) is 0 Å². The lowest BCUT2D eigenvalue weighted by Gasteiger charge is -2.38. The third kappa shape index (κ3) is 3.10. The molecule has 6 nitrogen and oxygen atoms in total. The zero-order valence-electron chi connectivity index (χ0n) is 12.9. The van der Waals surface area contributed by atoms with Crippen molar-refractivity contribution in [2.45, 2.75) is 25.2 Å². The monoisotopic (exact) mass is 330 g/mol. The molecule has 7 heteroatoms. The highest BCUT2D eigenvalue weighted by Crippen LogP contribution is 2.37. The van der Waals surface area contributed by atoms with Crippen molar-refractivity contribution in [3.8, 4) is 0 Å². The lowest BCUT2D eigenvalue weighted by molar-refractivity contribution is 0.0675. The van der Waals surface area contributed by atoms with Gasteiger partial charge in [-0.2, -0.15) is 0 Å². The van der Waals surface area contributed by atoms with Gasteiger partial charge in [0.15, 0.2) is 0 Å². The van der Waals surface area contributed by atoms with Crippen LogP contribution in [0.5, 0.6) is 0 Å². The largest absolute Gasteiger partial charge is 0.365 e. The normalized spacial score (nSPS) is 17.0. The Kier molecular flexibility index (Phi) is 4.12. The quantitative estimate of drug-likeness (QED) is 0.930. The molecule has 2 N–H and O–H groups in total. The molecule has 23 heavy (non-hydrogen) atoms. The Labute approximate surface area is 138 Å². The van der Waals surface area contributed by atoms with E-state index < -0.39 is 5.91 Å². The molecule has 120 valence electrons. The molecule has 0 radical (unpaired) electrons. The molecule has 1 saturated heterocycles. The number of nitrogens with two attached hydrogens (primary N) is 1. The average molecular weight is 330 g/mol. The van der Waals surface area contributed by atoms with E-state index in [9.17, 15) is 9.59 Å². The third-order valence-electron chi connectivity index (χ3n) is 4.33. The minimum absolute atomic E-state index is 0.0112. The molecule has 0 aromatic carbocycles. The molecule has 2 amide bonds. The average Bonchev–Trinajstić information content (AvgIpc) is 3.07. The summed E-state index contributed by atoms with van der Waals surface area (Å²) >= 11 is 1.35. The molecule has 0 spiro atoms. The highest BCUT2D eigenvalue weighted by molar-refractivity contribution is 7.13. The number of primary amides is 1. The van der Waals surface area contributed by atoms with Crippen molar-refractivity contribution in [2.75, 3.05) is 13.1 Å². The van der Waals surface area contributed by atoms with Crippen LogP contribution in [0, 0.1) is 0 Å². The summed E-state index contributed by atoms with van der Waals surface area (Å²) in [5.41, 5.74) is 5.79. The molecular weight excluding hydrogens is 312 g/mol. The van der Waals surface area contributed by atoms with Gasteiger partial charge in [0.25, 0.3) is 11.8 Å². The van der Waals surface area contributed by atoms with E-state index in [1.54, 1.807) is 30.7 Å². The van der Waals surface area contributed by atoms with Crippen molar-refractivity contribution >= 4 is 23.2 Å². The SMILES string of the molecule is CC1(c2ncc(C(N)=O)s2)CCN(C(=O)c2cccnc2)CC1. The number of carbonyl (C=O) groups excluding carboxylic acids is 2. The van der Waals surface area contributed by atoms with Gasteiger partial charge in [-0.15, -0.1) is 11.3 Å². The molecule has 1 aliphatic heterocycles. The van der Waals surface area contributed by atoms with E-state index in [0.717, 1.165) is 17.8 Å². The molecule has 0 saturated carbocycles. The molecule has 1 fully saturated rings. The maximum atomic E-state index is 12.5. The predicted molar refractivity (Wildman–Crippen MR) is 87.4 cm³/mol. The standard InChI is InChI=1S/C16H18N4O2S/c1-16(15-19-10-12(23-15)13(17)21)4-7-20(8-5-16)14(22)11-3-2-6-18-9-11/h2-3,6,9-10H,4-5,7-8H2,1H3,(H2,17,21). The van der Waals surface area contributed by atoms with E-state index in [0.29, 0.717) is 23.5 Å². The molecule has 0 bridgehead atoms. The maximum absolute atomic E-state index is 12.5. The lowest BCUT2D eigenvalue weighted by Crippen LogP contribution is -2.43. The van der Waals surface area contributed by atoms with Gasteiger partial charge in [0.05, 0.1) is 16.8 Å². The number of nitrogens with zero attached hydrogens (tertiary/aromatic N) is 3. The second-order valence-electron chi connectivity index (χ2n) is 5.99. The zero-order valence-corrected chi connectivity index (χ0v) is 13.7. The van der Waals surface area contributed by atoms with Gasteiger partial charge < -0.3 is 10.6 Å². The number of likely N-dealkylation sites (tertiary alicyclic amines) is 1. The van der Waals surface area contributed by atoms with Gasteiger partial charge in [-0.05, 0) is 25.0 Å². The third-order valence-corrected chi connectivity index (χ3v) is 5.65. The van der Waals surface area contributed by atoms with Crippen molar-refractivity contribution in [1.29, 1.82) is 0 Å². The Balaban J connectivity index is 1.69. The van der Waals surface area contributed by atoms with Crippen LogP contribution in [0.25, 0.3) is 0 Å². The molecule has 0 atom stereocenters. The van der Waals surface area contributed by atoms with Gasteiger partial charge in [0.2, 0.25) is 0 Å². The van der Waals surface area contributed by atoms with E-state index >= 15 is 0 Å². The predicted octanol–water partition coefficient (Wildman–Crippen LogP) is 1.83. The minimum atomic E-state index is -0.443.